The number of nitrogens with zero attached hydrogens (tertiary/aromatic N) is 1. The van der Waals surface area contributed by atoms with Crippen LogP contribution in [0.3, 0.4) is 0 Å². The number of benzene rings is 1. The summed E-state index contributed by atoms with van der Waals surface area (Å²) in [6, 6.07) is 4.66. The lowest BCUT2D eigenvalue weighted by molar-refractivity contribution is 0.120. The molecule has 1 saturated heterocycles. The van der Waals surface area contributed by atoms with Crippen LogP contribution in [0.5, 0.6) is 0 Å². The fourth-order valence-corrected chi connectivity index (χ4v) is 2.88. The maximum absolute atomic E-state index is 13.0. The SMILES string of the molecule is Fc1ccc2nc(NC[C@@H]3CCCO3)sc2c1. The Morgan fingerprint density at radius 1 is 1.53 bits per heavy atom. The maximum Gasteiger partial charge on any atom is 0.183 e. The molecule has 2 heterocycles. The van der Waals surface area contributed by atoms with Crippen molar-refractivity contribution in [3.63, 3.8) is 0 Å². The van der Waals surface area contributed by atoms with Crippen LogP contribution in [0.2, 0.25) is 0 Å². The second kappa shape index (κ2) is 4.58. The molecule has 1 aromatic carbocycles. The fraction of sp³-hybridized carbons (Fsp3) is 0.417. The Kier molecular flexibility index (Phi) is 2.94. The molecule has 0 aliphatic carbocycles. The number of fused-ring (bicyclic) bond motifs is 1. The number of hydrogen-bond acceptors (Lipinski definition) is 4. The summed E-state index contributed by atoms with van der Waals surface area (Å²) >= 11 is 1.48. The number of nitrogens with one attached hydrogen (secondary N) is 1. The second-order valence-electron chi connectivity index (χ2n) is 4.15. The average molecular weight is 252 g/mol. The highest BCUT2D eigenvalue weighted by Crippen LogP contribution is 2.26. The zero-order valence-electron chi connectivity index (χ0n) is 9.28. The first kappa shape index (κ1) is 10.9. The molecule has 0 radical (unpaired) electrons. The lowest BCUT2D eigenvalue weighted by atomic mass is 10.2. The summed E-state index contributed by atoms with van der Waals surface area (Å²) in [5.41, 5.74) is 0.839. The Bertz CT molecular complexity index is 522. The second-order valence-corrected chi connectivity index (χ2v) is 5.18. The van der Waals surface area contributed by atoms with E-state index in [1.165, 1.54) is 23.5 Å². The summed E-state index contributed by atoms with van der Waals surface area (Å²) in [4.78, 5) is 4.40. The normalized spacial score (nSPS) is 19.9. The Morgan fingerprint density at radius 2 is 2.47 bits per heavy atom. The fourth-order valence-electron chi connectivity index (χ4n) is 1.98. The molecule has 0 amide bonds. The summed E-state index contributed by atoms with van der Waals surface area (Å²) in [6.45, 7) is 1.64. The third-order valence-corrected chi connectivity index (χ3v) is 3.83. The minimum atomic E-state index is -0.216. The molecule has 1 atom stereocenters. The van der Waals surface area contributed by atoms with Crippen molar-refractivity contribution in [3.8, 4) is 0 Å². The van der Waals surface area contributed by atoms with Gasteiger partial charge >= 0.3 is 0 Å². The minimum Gasteiger partial charge on any atom is -0.376 e. The Morgan fingerprint density at radius 3 is 3.29 bits per heavy atom. The number of aromatic nitrogens is 1. The summed E-state index contributed by atoms with van der Waals surface area (Å²) in [7, 11) is 0. The molecule has 3 nitrogen and oxygen atoms in total. The highest BCUT2D eigenvalue weighted by atomic mass is 32.1. The van der Waals surface area contributed by atoms with Gasteiger partial charge in [-0.1, -0.05) is 11.3 Å². The van der Waals surface area contributed by atoms with E-state index in [1.807, 2.05) is 0 Å². The van der Waals surface area contributed by atoms with Gasteiger partial charge in [0.05, 0.1) is 16.3 Å². The van der Waals surface area contributed by atoms with Gasteiger partial charge in [-0.3, -0.25) is 0 Å². The summed E-state index contributed by atoms with van der Waals surface area (Å²) in [5, 5.41) is 4.09. The Balaban J connectivity index is 1.72. The number of thiazole rings is 1. The average Bonchev–Trinajstić information content (AvgIpc) is 2.94. The van der Waals surface area contributed by atoms with Crippen molar-refractivity contribution < 1.29 is 9.13 Å². The molecule has 0 bridgehead atoms. The zero-order valence-corrected chi connectivity index (χ0v) is 10.1. The molecule has 0 unspecified atom stereocenters. The van der Waals surface area contributed by atoms with Crippen LogP contribution >= 0.6 is 11.3 Å². The molecule has 1 fully saturated rings. The number of hydrogen-bond donors (Lipinski definition) is 1. The van der Waals surface area contributed by atoms with Gasteiger partial charge in [0, 0.05) is 13.2 Å². The standard InChI is InChI=1S/C12H13FN2OS/c13-8-3-4-10-11(6-8)17-12(15-10)14-7-9-2-1-5-16-9/h3-4,6,9H,1-2,5,7H2,(H,14,15)/t9-/m0/s1. The third-order valence-electron chi connectivity index (χ3n) is 2.86. The van der Waals surface area contributed by atoms with Gasteiger partial charge in [-0.05, 0) is 31.0 Å². The predicted molar refractivity (Wildman–Crippen MR) is 67.0 cm³/mol. The van der Waals surface area contributed by atoms with E-state index in [2.05, 4.69) is 10.3 Å². The van der Waals surface area contributed by atoms with Crippen LogP contribution in [0.25, 0.3) is 10.2 Å². The first-order valence-corrected chi connectivity index (χ1v) is 6.54. The van der Waals surface area contributed by atoms with Gasteiger partial charge in [-0.15, -0.1) is 0 Å². The molecule has 3 rings (SSSR count). The highest BCUT2D eigenvalue weighted by molar-refractivity contribution is 7.22. The van der Waals surface area contributed by atoms with Crippen molar-refractivity contribution >= 4 is 26.7 Å². The number of ether oxygens (including phenoxy) is 1. The van der Waals surface area contributed by atoms with Gasteiger partial charge in [0.15, 0.2) is 5.13 Å². The molecule has 0 saturated carbocycles. The van der Waals surface area contributed by atoms with E-state index >= 15 is 0 Å². The maximum atomic E-state index is 13.0. The van der Waals surface area contributed by atoms with Crippen LogP contribution in [0, 0.1) is 5.82 Å². The summed E-state index contributed by atoms with van der Waals surface area (Å²) < 4.78 is 19.4. The van der Waals surface area contributed by atoms with E-state index in [9.17, 15) is 4.39 Å². The van der Waals surface area contributed by atoms with E-state index in [0.717, 1.165) is 41.3 Å². The van der Waals surface area contributed by atoms with Crippen LogP contribution < -0.4 is 5.32 Å². The molecule has 1 N–H and O–H groups in total. The van der Waals surface area contributed by atoms with Crippen LogP contribution in [-0.4, -0.2) is 24.2 Å². The van der Waals surface area contributed by atoms with Crippen molar-refractivity contribution in [3.05, 3.63) is 24.0 Å². The topological polar surface area (TPSA) is 34.2 Å². The lowest BCUT2D eigenvalue weighted by Gasteiger charge is -2.08. The molecular formula is C12H13FN2OS. The first-order valence-electron chi connectivity index (χ1n) is 5.73. The lowest BCUT2D eigenvalue weighted by Crippen LogP contribution is -2.18. The number of halogens is 1. The molecular weight excluding hydrogens is 239 g/mol. The van der Waals surface area contributed by atoms with Gasteiger partial charge in [-0.25, -0.2) is 9.37 Å². The molecule has 17 heavy (non-hydrogen) atoms. The third kappa shape index (κ3) is 2.40. The zero-order chi connectivity index (χ0) is 11.7. The van der Waals surface area contributed by atoms with Crippen molar-refractivity contribution in [1.82, 2.24) is 4.98 Å². The molecule has 5 heteroatoms. The van der Waals surface area contributed by atoms with Crippen molar-refractivity contribution in [2.75, 3.05) is 18.5 Å². The molecule has 0 spiro atoms. The van der Waals surface area contributed by atoms with Crippen molar-refractivity contribution in [2.45, 2.75) is 18.9 Å². The van der Waals surface area contributed by atoms with Gasteiger partial charge < -0.3 is 10.1 Å². The Hall–Kier alpha value is -1.20. The van der Waals surface area contributed by atoms with Crippen LogP contribution in [0.4, 0.5) is 9.52 Å². The Labute approximate surface area is 103 Å². The van der Waals surface area contributed by atoms with Crippen molar-refractivity contribution in [1.29, 1.82) is 0 Å². The smallest absolute Gasteiger partial charge is 0.183 e. The van der Waals surface area contributed by atoms with E-state index in [4.69, 9.17) is 4.74 Å². The molecule has 1 aliphatic heterocycles. The van der Waals surface area contributed by atoms with Gasteiger partial charge in [0.2, 0.25) is 0 Å². The highest BCUT2D eigenvalue weighted by Gasteiger charge is 2.15. The quantitative estimate of drug-likeness (QED) is 0.911. The van der Waals surface area contributed by atoms with E-state index < -0.39 is 0 Å². The van der Waals surface area contributed by atoms with E-state index in [1.54, 1.807) is 6.07 Å². The van der Waals surface area contributed by atoms with Gasteiger partial charge in [0.1, 0.15) is 5.82 Å². The van der Waals surface area contributed by atoms with Gasteiger partial charge in [-0.2, -0.15) is 0 Å². The van der Waals surface area contributed by atoms with E-state index in [-0.39, 0.29) is 5.82 Å². The summed E-state index contributed by atoms with van der Waals surface area (Å²) in [5.74, 6) is -0.216. The largest absolute Gasteiger partial charge is 0.376 e. The minimum absolute atomic E-state index is 0.216. The molecule has 1 aromatic heterocycles. The van der Waals surface area contributed by atoms with Crippen LogP contribution in [-0.2, 0) is 4.74 Å². The van der Waals surface area contributed by atoms with Crippen LogP contribution in [0.1, 0.15) is 12.8 Å². The molecule has 90 valence electrons. The summed E-state index contributed by atoms with van der Waals surface area (Å²) in [6.07, 6.45) is 2.53. The number of rotatable bonds is 3. The van der Waals surface area contributed by atoms with Crippen molar-refractivity contribution in [2.24, 2.45) is 0 Å². The first-order chi connectivity index (χ1) is 8.31. The molecule has 2 aromatic rings. The van der Waals surface area contributed by atoms with E-state index in [0.29, 0.717) is 6.10 Å². The monoisotopic (exact) mass is 252 g/mol. The van der Waals surface area contributed by atoms with Crippen LogP contribution in [0.15, 0.2) is 18.2 Å². The molecule has 1 aliphatic rings. The predicted octanol–water partition coefficient (Wildman–Crippen LogP) is 3.03. The van der Waals surface area contributed by atoms with Gasteiger partial charge in [0.25, 0.3) is 0 Å². The number of anilines is 1.